The van der Waals surface area contributed by atoms with Gasteiger partial charge in [0.25, 0.3) is 0 Å². The molecule has 2 aliphatic rings. The maximum atomic E-state index is 11.9. The molecular weight excluding hydrogens is 222 g/mol. The summed E-state index contributed by atoms with van der Waals surface area (Å²) in [6.45, 7) is 4.59. The predicted molar refractivity (Wildman–Crippen MR) is 61.8 cm³/mol. The molecule has 0 bridgehead atoms. The van der Waals surface area contributed by atoms with Gasteiger partial charge in [-0.15, -0.1) is 0 Å². The number of rotatable bonds is 3. The third-order valence-corrected chi connectivity index (χ3v) is 3.43. The fourth-order valence-corrected chi connectivity index (χ4v) is 1.95. The van der Waals surface area contributed by atoms with Gasteiger partial charge in [-0.3, -0.25) is 9.69 Å². The first-order valence-corrected chi connectivity index (χ1v) is 6.00. The normalized spacial score (nSPS) is 23.2. The van der Waals surface area contributed by atoms with Crippen molar-refractivity contribution < 1.29 is 14.7 Å². The van der Waals surface area contributed by atoms with E-state index in [-0.39, 0.29) is 18.1 Å². The summed E-state index contributed by atoms with van der Waals surface area (Å²) >= 11 is 0. The van der Waals surface area contributed by atoms with Crippen molar-refractivity contribution in [2.75, 3.05) is 32.7 Å². The lowest BCUT2D eigenvalue weighted by molar-refractivity contribution is -0.138. The van der Waals surface area contributed by atoms with E-state index in [1.54, 1.807) is 4.90 Å². The zero-order chi connectivity index (χ0) is 12.5. The van der Waals surface area contributed by atoms with Crippen LogP contribution in [0.4, 0.5) is 4.79 Å². The number of carbonyl (C=O) groups excluding carboxylic acids is 1. The minimum Gasteiger partial charge on any atom is -0.480 e. The molecule has 0 aromatic rings. The second-order valence-electron chi connectivity index (χ2n) is 5.15. The first-order chi connectivity index (χ1) is 7.98. The fraction of sp³-hybridized carbons (Fsp3) is 0.818. The molecule has 0 radical (unpaired) electrons. The number of amides is 2. The number of nitrogens with zero attached hydrogens (tertiary/aromatic N) is 2. The Hall–Kier alpha value is -1.30. The molecule has 0 unspecified atom stereocenters. The summed E-state index contributed by atoms with van der Waals surface area (Å²) in [4.78, 5) is 26.0. The molecule has 6 heteroatoms. The molecule has 2 N–H and O–H groups in total. The molecule has 1 heterocycles. The molecule has 0 spiro atoms. The minimum absolute atomic E-state index is 0.00921. The van der Waals surface area contributed by atoms with Crippen LogP contribution in [0, 0.1) is 0 Å². The Morgan fingerprint density at radius 1 is 1.24 bits per heavy atom. The predicted octanol–water partition coefficient (Wildman–Crippen LogP) is -0.0493. The van der Waals surface area contributed by atoms with Crippen LogP contribution in [0.2, 0.25) is 0 Å². The molecule has 2 rings (SSSR count). The van der Waals surface area contributed by atoms with Crippen LogP contribution < -0.4 is 5.32 Å². The number of nitrogens with one attached hydrogen (secondary N) is 1. The molecule has 2 amide bonds. The number of hydrogen-bond donors (Lipinski definition) is 2. The maximum Gasteiger partial charge on any atom is 0.317 e. The summed E-state index contributed by atoms with van der Waals surface area (Å²) in [5.41, 5.74) is 0.00921. The SMILES string of the molecule is CC1(NC(=O)N2CCN(CC(=O)O)CC2)CC1. The highest BCUT2D eigenvalue weighted by Gasteiger charge is 2.39. The molecule has 1 saturated heterocycles. The average Bonchev–Trinajstić information content (AvgIpc) is 2.96. The highest BCUT2D eigenvalue weighted by Crippen LogP contribution is 2.34. The van der Waals surface area contributed by atoms with Crippen molar-refractivity contribution >= 4 is 12.0 Å². The van der Waals surface area contributed by atoms with Crippen LogP contribution in [0.25, 0.3) is 0 Å². The van der Waals surface area contributed by atoms with Gasteiger partial charge in [0.2, 0.25) is 0 Å². The van der Waals surface area contributed by atoms with E-state index in [1.807, 2.05) is 11.8 Å². The first-order valence-electron chi connectivity index (χ1n) is 6.00. The molecule has 1 aliphatic heterocycles. The number of hydrogen-bond acceptors (Lipinski definition) is 3. The molecular formula is C11H19N3O3. The van der Waals surface area contributed by atoms with E-state index in [1.165, 1.54) is 0 Å². The number of carboxylic acid groups (broad SMARTS) is 1. The second kappa shape index (κ2) is 4.52. The van der Waals surface area contributed by atoms with Crippen LogP contribution in [0.15, 0.2) is 0 Å². The zero-order valence-corrected chi connectivity index (χ0v) is 10.1. The van der Waals surface area contributed by atoms with Crippen molar-refractivity contribution in [2.24, 2.45) is 0 Å². The number of piperazine rings is 1. The molecule has 96 valence electrons. The van der Waals surface area contributed by atoms with E-state index >= 15 is 0 Å². The van der Waals surface area contributed by atoms with Gasteiger partial charge in [0, 0.05) is 31.7 Å². The fourth-order valence-electron chi connectivity index (χ4n) is 1.95. The lowest BCUT2D eigenvalue weighted by atomic mass is 10.3. The molecule has 0 aromatic carbocycles. The Bertz CT molecular complexity index is 320. The van der Waals surface area contributed by atoms with Gasteiger partial charge < -0.3 is 15.3 Å². The van der Waals surface area contributed by atoms with Gasteiger partial charge in [0.05, 0.1) is 6.54 Å². The summed E-state index contributed by atoms with van der Waals surface area (Å²) in [6, 6.07) is -0.0139. The second-order valence-corrected chi connectivity index (χ2v) is 5.15. The van der Waals surface area contributed by atoms with E-state index < -0.39 is 5.97 Å². The third-order valence-electron chi connectivity index (χ3n) is 3.43. The van der Waals surface area contributed by atoms with E-state index in [4.69, 9.17) is 5.11 Å². The number of urea groups is 1. The summed E-state index contributed by atoms with van der Waals surface area (Å²) < 4.78 is 0. The van der Waals surface area contributed by atoms with E-state index in [0.717, 1.165) is 12.8 Å². The van der Waals surface area contributed by atoms with Crippen LogP contribution >= 0.6 is 0 Å². The monoisotopic (exact) mass is 241 g/mol. The van der Waals surface area contributed by atoms with Crippen LogP contribution in [-0.4, -0.2) is 65.2 Å². The Morgan fingerprint density at radius 2 is 1.82 bits per heavy atom. The van der Waals surface area contributed by atoms with Crippen LogP contribution in [0.3, 0.4) is 0 Å². The Kier molecular flexibility index (Phi) is 3.24. The van der Waals surface area contributed by atoms with Crippen molar-refractivity contribution in [3.05, 3.63) is 0 Å². The highest BCUT2D eigenvalue weighted by atomic mass is 16.4. The quantitative estimate of drug-likeness (QED) is 0.726. The zero-order valence-electron chi connectivity index (χ0n) is 10.1. The standard InChI is InChI=1S/C11H19N3O3/c1-11(2-3-11)12-10(17)14-6-4-13(5-7-14)8-9(15)16/h2-8H2,1H3,(H,12,17)(H,15,16). The van der Waals surface area contributed by atoms with E-state index in [0.29, 0.717) is 26.2 Å². The Labute approximate surface area is 101 Å². The topological polar surface area (TPSA) is 72.9 Å². The molecule has 0 atom stereocenters. The smallest absolute Gasteiger partial charge is 0.317 e. The van der Waals surface area contributed by atoms with Crippen molar-refractivity contribution in [2.45, 2.75) is 25.3 Å². The lowest BCUT2D eigenvalue weighted by Gasteiger charge is -2.34. The third kappa shape index (κ3) is 3.33. The molecule has 17 heavy (non-hydrogen) atoms. The van der Waals surface area contributed by atoms with E-state index in [2.05, 4.69) is 5.32 Å². The minimum atomic E-state index is -0.812. The largest absolute Gasteiger partial charge is 0.480 e. The van der Waals surface area contributed by atoms with Crippen LogP contribution in [0.5, 0.6) is 0 Å². The van der Waals surface area contributed by atoms with Gasteiger partial charge in [-0.25, -0.2) is 4.79 Å². The average molecular weight is 241 g/mol. The first kappa shape index (κ1) is 12.2. The van der Waals surface area contributed by atoms with Gasteiger partial charge in [0.15, 0.2) is 0 Å². The number of aliphatic carboxylic acids is 1. The number of carboxylic acids is 1. The lowest BCUT2D eigenvalue weighted by Crippen LogP contribution is -2.54. The van der Waals surface area contributed by atoms with Crippen molar-refractivity contribution in [1.29, 1.82) is 0 Å². The number of carbonyl (C=O) groups is 2. The Balaban J connectivity index is 1.74. The van der Waals surface area contributed by atoms with Gasteiger partial charge in [-0.2, -0.15) is 0 Å². The molecule has 1 saturated carbocycles. The molecule has 2 fully saturated rings. The highest BCUT2D eigenvalue weighted by molar-refractivity contribution is 5.75. The van der Waals surface area contributed by atoms with E-state index in [9.17, 15) is 9.59 Å². The van der Waals surface area contributed by atoms with Crippen molar-refractivity contribution in [3.63, 3.8) is 0 Å². The summed E-state index contributed by atoms with van der Waals surface area (Å²) in [5, 5.41) is 11.7. The van der Waals surface area contributed by atoms with Gasteiger partial charge in [-0.05, 0) is 19.8 Å². The van der Waals surface area contributed by atoms with Crippen LogP contribution in [-0.2, 0) is 4.79 Å². The van der Waals surface area contributed by atoms with Crippen molar-refractivity contribution in [1.82, 2.24) is 15.1 Å². The summed E-state index contributed by atoms with van der Waals surface area (Å²) in [5.74, 6) is -0.812. The molecule has 1 aliphatic carbocycles. The maximum absolute atomic E-state index is 11.9. The van der Waals surface area contributed by atoms with Crippen molar-refractivity contribution in [3.8, 4) is 0 Å². The summed E-state index contributed by atoms with van der Waals surface area (Å²) in [6.07, 6.45) is 2.11. The molecule has 0 aromatic heterocycles. The Morgan fingerprint density at radius 3 is 2.29 bits per heavy atom. The molecule has 6 nitrogen and oxygen atoms in total. The van der Waals surface area contributed by atoms with Gasteiger partial charge >= 0.3 is 12.0 Å². The summed E-state index contributed by atoms with van der Waals surface area (Å²) in [7, 11) is 0. The van der Waals surface area contributed by atoms with Gasteiger partial charge in [-0.1, -0.05) is 0 Å². The van der Waals surface area contributed by atoms with Gasteiger partial charge in [0.1, 0.15) is 0 Å². The van der Waals surface area contributed by atoms with Crippen LogP contribution in [0.1, 0.15) is 19.8 Å².